The fourth-order valence-corrected chi connectivity index (χ4v) is 1.66. The van der Waals surface area contributed by atoms with Crippen LogP contribution in [0.5, 0.6) is 0 Å². The molecule has 3 heteroatoms. The predicted octanol–water partition coefficient (Wildman–Crippen LogP) is 2.31. The van der Waals surface area contributed by atoms with Crippen LogP contribution in [0.1, 0.15) is 32.0 Å². The number of aromatic nitrogens is 1. The average Bonchev–Trinajstić information content (AvgIpc) is 2.31. The summed E-state index contributed by atoms with van der Waals surface area (Å²) < 4.78 is 4.18. The normalized spacial score (nSPS) is 11.1. The van der Waals surface area contributed by atoms with Gasteiger partial charge in [0, 0.05) is 10.8 Å². The van der Waals surface area contributed by atoms with Gasteiger partial charge >= 0.3 is 0 Å². The average molecular weight is 166 g/mol. The van der Waals surface area contributed by atoms with Crippen LogP contribution in [0.15, 0.2) is 5.38 Å². The minimum Gasteiger partial charge on any atom is -0.196 e. The molecule has 0 amide bonds. The second-order valence-corrected chi connectivity index (χ2v) is 4.07. The Morgan fingerprint density at radius 3 is 2.55 bits per heavy atom. The van der Waals surface area contributed by atoms with E-state index in [4.69, 9.17) is 5.26 Å². The smallest absolute Gasteiger partial charge is 0.102 e. The number of hydrogen-bond donors (Lipinski definition) is 0. The SMILES string of the molecule is CC(C)(C)c1nscc1C#N. The van der Waals surface area contributed by atoms with Gasteiger partial charge in [0.1, 0.15) is 6.07 Å². The van der Waals surface area contributed by atoms with Crippen LogP contribution in [0, 0.1) is 11.3 Å². The monoisotopic (exact) mass is 166 g/mol. The maximum absolute atomic E-state index is 8.69. The van der Waals surface area contributed by atoms with E-state index in [1.165, 1.54) is 11.5 Å². The Morgan fingerprint density at radius 2 is 2.18 bits per heavy atom. The third-order valence-electron chi connectivity index (χ3n) is 1.40. The molecule has 58 valence electrons. The lowest BCUT2D eigenvalue weighted by Crippen LogP contribution is -2.12. The molecular formula is C8H10N2S. The van der Waals surface area contributed by atoms with Gasteiger partial charge in [-0.1, -0.05) is 20.8 Å². The Labute approximate surface area is 70.6 Å². The van der Waals surface area contributed by atoms with E-state index >= 15 is 0 Å². The maximum Gasteiger partial charge on any atom is 0.102 e. The van der Waals surface area contributed by atoms with Gasteiger partial charge in [0.05, 0.1) is 11.3 Å². The van der Waals surface area contributed by atoms with E-state index in [-0.39, 0.29) is 5.41 Å². The Bertz CT molecular complexity index is 288. The van der Waals surface area contributed by atoms with Crippen LogP contribution in [0.3, 0.4) is 0 Å². The van der Waals surface area contributed by atoms with Gasteiger partial charge in [-0.25, -0.2) is 0 Å². The number of rotatable bonds is 0. The quantitative estimate of drug-likeness (QED) is 0.593. The minimum atomic E-state index is -0.00887. The summed E-state index contributed by atoms with van der Waals surface area (Å²) in [7, 11) is 0. The molecule has 0 fully saturated rings. The van der Waals surface area contributed by atoms with E-state index < -0.39 is 0 Å². The number of hydrogen-bond acceptors (Lipinski definition) is 3. The Kier molecular flexibility index (Phi) is 1.97. The summed E-state index contributed by atoms with van der Waals surface area (Å²) in [6, 6.07) is 2.13. The van der Waals surface area contributed by atoms with E-state index in [0.717, 1.165) is 5.69 Å². The highest BCUT2D eigenvalue weighted by Gasteiger charge is 2.20. The standard InChI is InChI=1S/C8H10N2S/c1-8(2,3)7-6(4-9)5-11-10-7/h5H,1-3H3. The Hall–Kier alpha value is -0.880. The van der Waals surface area contributed by atoms with Crippen molar-refractivity contribution < 1.29 is 0 Å². The van der Waals surface area contributed by atoms with Crippen LogP contribution < -0.4 is 0 Å². The van der Waals surface area contributed by atoms with Gasteiger partial charge in [0.15, 0.2) is 0 Å². The van der Waals surface area contributed by atoms with Gasteiger partial charge in [-0.05, 0) is 11.5 Å². The summed E-state index contributed by atoms with van der Waals surface area (Å²) in [5.41, 5.74) is 1.61. The Balaban J connectivity index is 3.15. The fourth-order valence-electron chi connectivity index (χ4n) is 0.857. The van der Waals surface area contributed by atoms with Crippen molar-refractivity contribution in [3.63, 3.8) is 0 Å². The molecule has 1 aromatic heterocycles. The molecule has 1 aromatic rings. The van der Waals surface area contributed by atoms with Crippen molar-refractivity contribution in [3.05, 3.63) is 16.6 Å². The van der Waals surface area contributed by atoms with Crippen molar-refractivity contribution in [2.75, 3.05) is 0 Å². The second kappa shape index (κ2) is 2.63. The van der Waals surface area contributed by atoms with E-state index in [0.29, 0.717) is 5.56 Å². The zero-order valence-corrected chi connectivity index (χ0v) is 7.70. The molecule has 0 aliphatic rings. The summed E-state index contributed by atoms with van der Waals surface area (Å²) in [5, 5.41) is 10.5. The highest BCUT2D eigenvalue weighted by Crippen LogP contribution is 2.24. The molecule has 0 saturated heterocycles. The van der Waals surface area contributed by atoms with E-state index in [1.807, 2.05) is 0 Å². The largest absolute Gasteiger partial charge is 0.196 e. The van der Waals surface area contributed by atoms with E-state index in [2.05, 4.69) is 31.2 Å². The molecule has 0 unspecified atom stereocenters. The van der Waals surface area contributed by atoms with Crippen LogP contribution in [-0.4, -0.2) is 4.37 Å². The highest BCUT2D eigenvalue weighted by atomic mass is 32.1. The second-order valence-electron chi connectivity index (χ2n) is 3.44. The van der Waals surface area contributed by atoms with E-state index in [1.54, 1.807) is 5.38 Å². The van der Waals surface area contributed by atoms with Gasteiger partial charge < -0.3 is 0 Å². The lowest BCUT2D eigenvalue weighted by Gasteiger charge is -2.14. The van der Waals surface area contributed by atoms with Crippen molar-refractivity contribution in [1.82, 2.24) is 4.37 Å². The molecule has 2 nitrogen and oxygen atoms in total. The Morgan fingerprint density at radius 1 is 1.55 bits per heavy atom. The molecule has 1 rings (SSSR count). The third-order valence-corrected chi connectivity index (χ3v) is 2.03. The first-order chi connectivity index (χ1) is 5.05. The lowest BCUT2D eigenvalue weighted by atomic mass is 9.90. The molecule has 0 atom stereocenters. The first kappa shape index (κ1) is 8.22. The summed E-state index contributed by atoms with van der Waals surface area (Å²) in [6.07, 6.45) is 0. The van der Waals surface area contributed by atoms with Crippen LogP contribution in [0.2, 0.25) is 0 Å². The molecule has 0 bridgehead atoms. The zero-order valence-electron chi connectivity index (χ0n) is 6.88. The van der Waals surface area contributed by atoms with Crippen LogP contribution in [0.25, 0.3) is 0 Å². The maximum atomic E-state index is 8.69. The molecule has 0 saturated carbocycles. The molecule has 0 aromatic carbocycles. The highest BCUT2D eigenvalue weighted by molar-refractivity contribution is 7.03. The molecule has 0 spiro atoms. The zero-order chi connectivity index (χ0) is 8.48. The van der Waals surface area contributed by atoms with Crippen LogP contribution in [-0.2, 0) is 5.41 Å². The fraction of sp³-hybridized carbons (Fsp3) is 0.500. The molecule has 0 N–H and O–H groups in total. The molecular weight excluding hydrogens is 156 g/mol. The minimum absolute atomic E-state index is 0.00887. The van der Waals surface area contributed by atoms with Gasteiger partial charge in [-0.3, -0.25) is 0 Å². The van der Waals surface area contributed by atoms with Gasteiger partial charge in [0.2, 0.25) is 0 Å². The van der Waals surface area contributed by atoms with Crippen molar-refractivity contribution >= 4 is 11.5 Å². The van der Waals surface area contributed by atoms with Gasteiger partial charge in [-0.15, -0.1) is 0 Å². The first-order valence-corrected chi connectivity index (χ1v) is 4.24. The summed E-state index contributed by atoms with van der Waals surface area (Å²) in [5.74, 6) is 0. The topological polar surface area (TPSA) is 36.7 Å². The van der Waals surface area contributed by atoms with Crippen molar-refractivity contribution in [3.8, 4) is 6.07 Å². The summed E-state index contributed by atoms with van der Waals surface area (Å²) in [4.78, 5) is 0. The number of nitrogens with zero attached hydrogens (tertiary/aromatic N) is 2. The van der Waals surface area contributed by atoms with Crippen molar-refractivity contribution in [1.29, 1.82) is 5.26 Å². The molecule has 0 aliphatic heterocycles. The molecule has 11 heavy (non-hydrogen) atoms. The van der Waals surface area contributed by atoms with Crippen molar-refractivity contribution in [2.45, 2.75) is 26.2 Å². The van der Waals surface area contributed by atoms with Crippen molar-refractivity contribution in [2.24, 2.45) is 0 Å². The summed E-state index contributed by atoms with van der Waals surface area (Å²) >= 11 is 1.35. The van der Waals surface area contributed by atoms with Crippen LogP contribution in [0.4, 0.5) is 0 Å². The summed E-state index contributed by atoms with van der Waals surface area (Å²) in [6.45, 7) is 6.18. The van der Waals surface area contributed by atoms with Gasteiger partial charge in [0.25, 0.3) is 0 Å². The molecule has 0 aliphatic carbocycles. The molecule has 1 heterocycles. The van der Waals surface area contributed by atoms with Gasteiger partial charge in [-0.2, -0.15) is 9.64 Å². The lowest BCUT2D eigenvalue weighted by molar-refractivity contribution is 0.574. The number of nitriles is 1. The van der Waals surface area contributed by atoms with E-state index in [9.17, 15) is 0 Å². The first-order valence-electron chi connectivity index (χ1n) is 3.40. The third kappa shape index (κ3) is 1.58. The van der Waals surface area contributed by atoms with Crippen LogP contribution >= 0.6 is 11.5 Å². The molecule has 0 radical (unpaired) electrons. The predicted molar refractivity (Wildman–Crippen MR) is 45.5 cm³/mol.